The molecule has 1 rings (SSSR count). The highest BCUT2D eigenvalue weighted by molar-refractivity contribution is 5.96. The zero-order valence-electron chi connectivity index (χ0n) is 13.6. The lowest BCUT2D eigenvalue weighted by Crippen LogP contribution is -2.25. The van der Waals surface area contributed by atoms with E-state index >= 15 is 0 Å². The Morgan fingerprint density at radius 2 is 1.67 bits per heavy atom. The lowest BCUT2D eigenvalue weighted by Gasteiger charge is -2.09. The molecule has 0 spiro atoms. The van der Waals surface area contributed by atoms with Crippen molar-refractivity contribution >= 4 is 11.6 Å². The minimum absolute atomic E-state index is 0.0113. The molecule has 3 nitrogen and oxygen atoms in total. The zero-order chi connectivity index (χ0) is 15.5. The monoisotopic (exact) mass is 290 g/mol. The first kappa shape index (κ1) is 17.5. The van der Waals surface area contributed by atoms with Crippen molar-refractivity contribution in [3.8, 4) is 0 Å². The number of unbranched alkanes of at least 4 members (excludes halogenated alkanes) is 7. The minimum Gasteiger partial charge on any atom is -0.398 e. The summed E-state index contributed by atoms with van der Waals surface area (Å²) in [5.41, 5.74) is 8.05. The zero-order valence-corrected chi connectivity index (χ0v) is 13.6. The maximum absolute atomic E-state index is 12.1. The highest BCUT2D eigenvalue weighted by Gasteiger charge is 2.09. The van der Waals surface area contributed by atoms with Crippen LogP contribution in [0.4, 0.5) is 5.69 Å². The molecule has 0 radical (unpaired) electrons. The molecule has 3 heteroatoms. The van der Waals surface area contributed by atoms with Crippen LogP contribution in [0, 0.1) is 6.92 Å². The third kappa shape index (κ3) is 6.65. The molecule has 0 saturated heterocycles. The average molecular weight is 290 g/mol. The molecule has 0 bridgehead atoms. The molecule has 0 fully saturated rings. The Morgan fingerprint density at radius 1 is 1.05 bits per heavy atom. The van der Waals surface area contributed by atoms with Crippen LogP contribution < -0.4 is 11.1 Å². The van der Waals surface area contributed by atoms with Crippen LogP contribution in [0.3, 0.4) is 0 Å². The quantitative estimate of drug-likeness (QED) is 0.494. The van der Waals surface area contributed by atoms with E-state index in [-0.39, 0.29) is 5.91 Å². The van der Waals surface area contributed by atoms with Gasteiger partial charge in [0.25, 0.3) is 5.91 Å². The third-order valence-electron chi connectivity index (χ3n) is 3.94. The predicted octanol–water partition coefficient (Wildman–Crippen LogP) is 4.45. The van der Waals surface area contributed by atoms with Crippen molar-refractivity contribution in [2.75, 3.05) is 12.3 Å². The number of nitrogen functional groups attached to an aromatic ring is 1. The van der Waals surface area contributed by atoms with Crippen LogP contribution in [-0.2, 0) is 0 Å². The Labute approximate surface area is 129 Å². The van der Waals surface area contributed by atoms with Crippen LogP contribution in [-0.4, -0.2) is 12.5 Å². The smallest absolute Gasteiger partial charge is 0.251 e. The molecule has 3 N–H and O–H groups in total. The number of hydrogen-bond donors (Lipinski definition) is 2. The second-order valence-electron chi connectivity index (χ2n) is 5.75. The van der Waals surface area contributed by atoms with Crippen molar-refractivity contribution in [3.63, 3.8) is 0 Å². The van der Waals surface area contributed by atoms with Crippen LogP contribution in [0.5, 0.6) is 0 Å². The first-order valence-corrected chi connectivity index (χ1v) is 8.30. The van der Waals surface area contributed by atoms with E-state index in [2.05, 4.69) is 12.2 Å². The summed E-state index contributed by atoms with van der Waals surface area (Å²) in [6.07, 6.45) is 10.2. The molecule has 0 atom stereocenters. The number of carbonyl (C=O) groups is 1. The van der Waals surface area contributed by atoms with Crippen molar-refractivity contribution < 1.29 is 4.79 Å². The van der Waals surface area contributed by atoms with Crippen molar-refractivity contribution in [2.24, 2.45) is 0 Å². The van der Waals surface area contributed by atoms with Crippen molar-refractivity contribution in [1.29, 1.82) is 0 Å². The molecule has 0 aliphatic rings. The number of nitrogens with two attached hydrogens (primary N) is 1. The fourth-order valence-corrected chi connectivity index (χ4v) is 2.46. The third-order valence-corrected chi connectivity index (χ3v) is 3.94. The number of anilines is 1. The largest absolute Gasteiger partial charge is 0.398 e. The summed E-state index contributed by atoms with van der Waals surface area (Å²) in [7, 11) is 0. The van der Waals surface area contributed by atoms with Crippen molar-refractivity contribution in [3.05, 3.63) is 29.3 Å². The van der Waals surface area contributed by atoms with Gasteiger partial charge < -0.3 is 11.1 Å². The fraction of sp³-hybridized carbons (Fsp3) is 0.611. The summed E-state index contributed by atoms with van der Waals surface area (Å²) in [5.74, 6) is -0.0113. The standard InChI is InChI=1S/C18H30N2O/c1-3-4-5-6-7-8-9-10-14-20-18(21)16-12-11-13-17(19)15(16)2/h11-13H,3-10,14,19H2,1-2H3,(H,20,21). The molecule has 0 saturated carbocycles. The molecule has 1 amide bonds. The maximum Gasteiger partial charge on any atom is 0.251 e. The Bertz CT molecular complexity index is 429. The van der Waals surface area contributed by atoms with Gasteiger partial charge in [0, 0.05) is 17.8 Å². The summed E-state index contributed by atoms with van der Waals surface area (Å²) < 4.78 is 0. The van der Waals surface area contributed by atoms with Gasteiger partial charge in [-0.1, -0.05) is 57.9 Å². The minimum atomic E-state index is -0.0113. The topological polar surface area (TPSA) is 55.1 Å². The van der Waals surface area contributed by atoms with Gasteiger partial charge in [0.1, 0.15) is 0 Å². The number of carbonyl (C=O) groups excluding carboxylic acids is 1. The number of amides is 1. The van der Waals surface area contributed by atoms with Gasteiger partial charge in [-0.2, -0.15) is 0 Å². The fourth-order valence-electron chi connectivity index (χ4n) is 2.46. The highest BCUT2D eigenvalue weighted by atomic mass is 16.1. The Balaban J connectivity index is 2.13. The van der Waals surface area contributed by atoms with Gasteiger partial charge in [0.05, 0.1) is 0 Å². The number of nitrogens with one attached hydrogen (secondary N) is 1. The molecule has 0 unspecified atom stereocenters. The number of hydrogen-bond acceptors (Lipinski definition) is 2. The van der Waals surface area contributed by atoms with Crippen LogP contribution in [0.1, 0.15) is 74.2 Å². The van der Waals surface area contributed by atoms with Gasteiger partial charge in [-0.25, -0.2) is 0 Å². The molecule has 1 aromatic rings. The molecule has 0 heterocycles. The first-order chi connectivity index (χ1) is 10.2. The van der Waals surface area contributed by atoms with E-state index in [1.807, 2.05) is 25.1 Å². The summed E-state index contributed by atoms with van der Waals surface area (Å²) in [6.45, 7) is 4.88. The summed E-state index contributed by atoms with van der Waals surface area (Å²) in [5, 5.41) is 2.98. The second kappa shape index (κ2) is 10.3. The molecular weight excluding hydrogens is 260 g/mol. The molecule has 0 aliphatic carbocycles. The van der Waals surface area contributed by atoms with Gasteiger partial charge in [-0.3, -0.25) is 4.79 Å². The van der Waals surface area contributed by atoms with Crippen molar-refractivity contribution in [2.45, 2.75) is 65.2 Å². The number of rotatable bonds is 10. The molecule has 21 heavy (non-hydrogen) atoms. The molecule has 0 aromatic heterocycles. The van der Waals surface area contributed by atoms with E-state index in [1.54, 1.807) is 0 Å². The van der Waals surface area contributed by atoms with E-state index in [9.17, 15) is 4.79 Å². The van der Waals surface area contributed by atoms with Crippen LogP contribution in [0.15, 0.2) is 18.2 Å². The van der Waals surface area contributed by atoms with E-state index in [0.717, 1.165) is 18.5 Å². The van der Waals surface area contributed by atoms with E-state index in [1.165, 1.54) is 44.9 Å². The lowest BCUT2D eigenvalue weighted by molar-refractivity contribution is 0.0952. The highest BCUT2D eigenvalue weighted by Crippen LogP contribution is 2.15. The second-order valence-corrected chi connectivity index (χ2v) is 5.75. The van der Waals surface area contributed by atoms with Crippen LogP contribution in [0.2, 0.25) is 0 Å². The van der Waals surface area contributed by atoms with Crippen LogP contribution >= 0.6 is 0 Å². The lowest BCUT2D eigenvalue weighted by atomic mass is 10.1. The normalized spacial score (nSPS) is 10.6. The van der Waals surface area contributed by atoms with Crippen LogP contribution in [0.25, 0.3) is 0 Å². The molecular formula is C18H30N2O. The SMILES string of the molecule is CCCCCCCCCCNC(=O)c1cccc(N)c1C. The van der Waals surface area contributed by atoms with Gasteiger partial charge in [-0.15, -0.1) is 0 Å². The van der Waals surface area contributed by atoms with Gasteiger partial charge in [-0.05, 0) is 31.0 Å². The van der Waals surface area contributed by atoms with Crippen molar-refractivity contribution in [1.82, 2.24) is 5.32 Å². The van der Waals surface area contributed by atoms with E-state index in [0.29, 0.717) is 11.3 Å². The average Bonchev–Trinajstić information content (AvgIpc) is 2.48. The van der Waals surface area contributed by atoms with Gasteiger partial charge >= 0.3 is 0 Å². The molecule has 118 valence electrons. The summed E-state index contributed by atoms with van der Waals surface area (Å²) in [6, 6.07) is 5.48. The molecule has 0 aliphatic heterocycles. The van der Waals surface area contributed by atoms with Gasteiger partial charge in [0.2, 0.25) is 0 Å². The maximum atomic E-state index is 12.1. The molecule has 1 aromatic carbocycles. The summed E-state index contributed by atoms with van der Waals surface area (Å²) >= 11 is 0. The number of benzene rings is 1. The van der Waals surface area contributed by atoms with E-state index < -0.39 is 0 Å². The Kier molecular flexibility index (Phi) is 8.56. The Hall–Kier alpha value is -1.51. The van der Waals surface area contributed by atoms with Gasteiger partial charge in [0.15, 0.2) is 0 Å². The predicted molar refractivity (Wildman–Crippen MR) is 90.5 cm³/mol. The Morgan fingerprint density at radius 3 is 2.33 bits per heavy atom. The summed E-state index contributed by atoms with van der Waals surface area (Å²) in [4.78, 5) is 12.1. The van der Waals surface area contributed by atoms with E-state index in [4.69, 9.17) is 5.73 Å². The first-order valence-electron chi connectivity index (χ1n) is 8.30.